The number of para-hydroxylation sites is 1. The number of ether oxygens (including phenoxy) is 1. The van der Waals surface area contributed by atoms with E-state index in [1.165, 1.54) is 12.1 Å². The second-order valence-electron chi connectivity index (χ2n) is 5.76. The van der Waals surface area contributed by atoms with Gasteiger partial charge in [0, 0.05) is 38.1 Å². The highest BCUT2D eigenvalue weighted by molar-refractivity contribution is 6.02. The molecular weight excluding hydrogens is 338 g/mol. The number of hydrogen-bond acceptors (Lipinski definition) is 4. The molecule has 0 amide bonds. The highest BCUT2D eigenvalue weighted by atomic mass is 19.1. The molecule has 0 aliphatic carbocycles. The van der Waals surface area contributed by atoms with Crippen molar-refractivity contribution >= 4 is 5.84 Å². The molecule has 0 radical (unpaired) electrons. The van der Waals surface area contributed by atoms with Crippen molar-refractivity contribution in [1.82, 2.24) is 14.6 Å². The van der Waals surface area contributed by atoms with Gasteiger partial charge in [-0.25, -0.2) is 13.8 Å². The summed E-state index contributed by atoms with van der Waals surface area (Å²) in [6, 6.07) is 10.7. The Bertz CT molecular complexity index is 908. The zero-order valence-corrected chi connectivity index (χ0v) is 14.4. The Hall–Kier alpha value is -3.22. The van der Waals surface area contributed by atoms with Crippen LogP contribution in [-0.2, 0) is 6.61 Å². The first-order valence-corrected chi connectivity index (χ1v) is 7.95. The normalized spacial score (nSPS) is 11.5. The molecule has 3 rings (SSSR count). The number of aromatic nitrogens is 2. The Balaban J connectivity index is 1.92. The Labute approximate surface area is 150 Å². The van der Waals surface area contributed by atoms with Gasteiger partial charge < -0.3 is 9.75 Å². The van der Waals surface area contributed by atoms with Crippen LogP contribution in [0.15, 0.2) is 66.3 Å². The summed E-state index contributed by atoms with van der Waals surface area (Å²) in [5.41, 5.74) is 0.997. The summed E-state index contributed by atoms with van der Waals surface area (Å²) in [7, 11) is 3.63. The average Bonchev–Trinajstić information content (AvgIpc) is 3.13. The first-order chi connectivity index (χ1) is 12.5. The first-order valence-electron chi connectivity index (χ1n) is 7.95. The molecule has 0 atom stereocenters. The van der Waals surface area contributed by atoms with Crippen LogP contribution in [0.3, 0.4) is 0 Å². The van der Waals surface area contributed by atoms with Gasteiger partial charge in [-0.05, 0) is 24.3 Å². The van der Waals surface area contributed by atoms with Crippen molar-refractivity contribution in [1.29, 1.82) is 0 Å². The van der Waals surface area contributed by atoms with Crippen molar-refractivity contribution in [2.75, 3.05) is 14.1 Å². The van der Waals surface area contributed by atoms with Gasteiger partial charge in [-0.1, -0.05) is 12.1 Å². The lowest BCUT2D eigenvalue weighted by Gasteiger charge is -2.16. The number of hydrazone groups is 1. The number of benzene rings is 2. The van der Waals surface area contributed by atoms with Crippen molar-refractivity contribution in [3.63, 3.8) is 0 Å². The Morgan fingerprint density at radius 2 is 2.00 bits per heavy atom. The van der Waals surface area contributed by atoms with Gasteiger partial charge in [-0.2, -0.15) is 5.10 Å². The van der Waals surface area contributed by atoms with Gasteiger partial charge in [0.05, 0.1) is 5.56 Å². The van der Waals surface area contributed by atoms with Crippen molar-refractivity contribution in [3.05, 3.63) is 83.9 Å². The van der Waals surface area contributed by atoms with Gasteiger partial charge in [0.1, 0.15) is 30.3 Å². The third-order valence-electron chi connectivity index (χ3n) is 3.57. The van der Waals surface area contributed by atoms with Gasteiger partial charge >= 0.3 is 0 Å². The summed E-state index contributed by atoms with van der Waals surface area (Å²) < 4.78 is 34.5. The summed E-state index contributed by atoms with van der Waals surface area (Å²) >= 11 is 0. The fourth-order valence-electron chi connectivity index (χ4n) is 2.39. The molecule has 0 saturated carbocycles. The van der Waals surface area contributed by atoms with Crippen LogP contribution in [0.2, 0.25) is 0 Å². The highest BCUT2D eigenvalue weighted by Gasteiger charge is 2.14. The van der Waals surface area contributed by atoms with Crippen LogP contribution in [0.5, 0.6) is 5.75 Å². The van der Waals surface area contributed by atoms with Crippen LogP contribution in [0.25, 0.3) is 0 Å². The molecule has 26 heavy (non-hydrogen) atoms. The van der Waals surface area contributed by atoms with Crippen molar-refractivity contribution in [2.24, 2.45) is 5.10 Å². The maximum atomic E-state index is 13.8. The minimum absolute atomic E-state index is 0.0255. The monoisotopic (exact) mass is 356 g/mol. The maximum Gasteiger partial charge on any atom is 0.168 e. The maximum absolute atomic E-state index is 13.8. The lowest BCUT2D eigenvalue weighted by molar-refractivity contribution is 0.298. The third kappa shape index (κ3) is 4.05. The van der Waals surface area contributed by atoms with Crippen molar-refractivity contribution in [2.45, 2.75) is 6.61 Å². The predicted octanol–water partition coefficient (Wildman–Crippen LogP) is 3.51. The van der Waals surface area contributed by atoms with Crippen molar-refractivity contribution in [3.8, 4) is 5.75 Å². The number of nitrogens with zero attached hydrogens (tertiary/aromatic N) is 4. The van der Waals surface area contributed by atoms with E-state index >= 15 is 0 Å². The average molecular weight is 356 g/mol. The molecule has 0 unspecified atom stereocenters. The van der Waals surface area contributed by atoms with Crippen LogP contribution in [-0.4, -0.2) is 34.5 Å². The van der Waals surface area contributed by atoms with E-state index in [-0.39, 0.29) is 12.2 Å². The summed E-state index contributed by atoms with van der Waals surface area (Å²) in [5, 5.41) is 6.18. The van der Waals surface area contributed by atoms with Gasteiger partial charge in [0.2, 0.25) is 0 Å². The minimum Gasteiger partial charge on any atom is -0.488 e. The third-order valence-corrected chi connectivity index (χ3v) is 3.57. The fraction of sp³-hybridized carbons (Fsp3) is 0.158. The van der Waals surface area contributed by atoms with Crippen LogP contribution in [0.4, 0.5) is 8.78 Å². The van der Waals surface area contributed by atoms with E-state index in [1.54, 1.807) is 34.4 Å². The highest BCUT2D eigenvalue weighted by Crippen LogP contribution is 2.22. The lowest BCUT2D eigenvalue weighted by atomic mass is 10.1. The van der Waals surface area contributed by atoms with E-state index in [1.807, 2.05) is 32.3 Å². The van der Waals surface area contributed by atoms with E-state index in [4.69, 9.17) is 4.74 Å². The first kappa shape index (κ1) is 17.6. The molecule has 0 N–H and O–H groups in total. The number of rotatable bonds is 5. The number of imidazole rings is 1. The smallest absolute Gasteiger partial charge is 0.168 e. The topological polar surface area (TPSA) is 42.6 Å². The van der Waals surface area contributed by atoms with Crippen molar-refractivity contribution < 1.29 is 13.5 Å². The summed E-state index contributed by atoms with van der Waals surface area (Å²) in [6.45, 7) is -0.0255. The van der Waals surface area contributed by atoms with E-state index in [0.717, 1.165) is 11.6 Å². The van der Waals surface area contributed by atoms with Gasteiger partial charge in [-0.15, -0.1) is 0 Å². The second-order valence-corrected chi connectivity index (χ2v) is 5.76. The molecule has 0 aliphatic heterocycles. The largest absolute Gasteiger partial charge is 0.488 e. The fourth-order valence-corrected chi connectivity index (χ4v) is 2.39. The Morgan fingerprint density at radius 3 is 2.69 bits per heavy atom. The van der Waals surface area contributed by atoms with Gasteiger partial charge in [-0.3, -0.25) is 4.57 Å². The van der Waals surface area contributed by atoms with E-state index < -0.39 is 11.6 Å². The molecule has 1 aromatic heterocycles. The lowest BCUT2D eigenvalue weighted by Crippen LogP contribution is -2.18. The van der Waals surface area contributed by atoms with Gasteiger partial charge in [0.15, 0.2) is 5.84 Å². The number of halogens is 2. The molecule has 1 heterocycles. The Morgan fingerprint density at radius 1 is 1.19 bits per heavy atom. The summed E-state index contributed by atoms with van der Waals surface area (Å²) in [5.74, 6) is -0.111. The molecule has 5 nitrogen and oxygen atoms in total. The van der Waals surface area contributed by atoms with E-state index in [9.17, 15) is 8.78 Å². The molecule has 134 valence electrons. The standard InChI is InChI=1S/C19H18F2N4O/c1-24(2)23-19(25-10-9-22-13-25)16-5-3-4-6-18(16)26-12-14-7-8-15(20)11-17(14)21/h3-11,13H,12H2,1-2H3. The molecular formula is C19H18F2N4O. The molecule has 7 heteroatoms. The molecule has 0 saturated heterocycles. The summed E-state index contributed by atoms with van der Waals surface area (Å²) in [6.07, 6.45) is 5.07. The Kier molecular flexibility index (Phi) is 5.26. The molecule has 0 aliphatic rings. The van der Waals surface area contributed by atoms with Crippen LogP contribution >= 0.6 is 0 Å². The molecule has 2 aromatic carbocycles. The zero-order chi connectivity index (χ0) is 18.5. The molecule has 0 bridgehead atoms. The van der Waals surface area contributed by atoms with Crippen LogP contribution in [0, 0.1) is 11.6 Å². The number of hydrogen-bond donors (Lipinski definition) is 0. The van der Waals surface area contributed by atoms with Crippen LogP contribution < -0.4 is 4.74 Å². The zero-order valence-electron chi connectivity index (χ0n) is 14.4. The second kappa shape index (κ2) is 7.77. The van der Waals surface area contributed by atoms with Crippen LogP contribution in [0.1, 0.15) is 11.1 Å². The molecule has 0 spiro atoms. The quantitative estimate of drug-likeness (QED) is 0.399. The summed E-state index contributed by atoms with van der Waals surface area (Å²) in [4.78, 5) is 4.06. The van der Waals surface area contributed by atoms with E-state index in [2.05, 4.69) is 10.1 Å². The van der Waals surface area contributed by atoms with Gasteiger partial charge in [0.25, 0.3) is 0 Å². The van der Waals surface area contributed by atoms with E-state index in [0.29, 0.717) is 11.6 Å². The predicted molar refractivity (Wildman–Crippen MR) is 95.0 cm³/mol. The molecule has 0 fully saturated rings. The molecule has 3 aromatic rings. The minimum atomic E-state index is -0.640. The SMILES string of the molecule is CN(C)N=C(c1ccccc1OCc1ccc(F)cc1F)n1ccnc1.